The Labute approximate surface area is 106 Å². The van der Waals surface area contributed by atoms with Crippen LogP contribution < -0.4 is 0 Å². The molecular formula is C14H19BrO. The fourth-order valence-electron chi connectivity index (χ4n) is 2.31. The number of hydrogen-bond donors (Lipinski definition) is 0. The Morgan fingerprint density at radius 3 is 2.75 bits per heavy atom. The van der Waals surface area contributed by atoms with E-state index in [1.165, 1.54) is 15.6 Å². The lowest BCUT2D eigenvalue weighted by Crippen LogP contribution is -2.09. The molecule has 0 aromatic heterocycles. The molecule has 88 valence electrons. The minimum absolute atomic E-state index is 0.494. The fraction of sp³-hybridized carbons (Fsp3) is 0.571. The number of benzene rings is 1. The Bertz CT molecular complexity index is 375. The molecule has 1 aliphatic heterocycles. The Balaban J connectivity index is 1.96. The van der Waals surface area contributed by atoms with E-state index in [9.17, 15) is 0 Å². The Morgan fingerprint density at radius 1 is 1.44 bits per heavy atom. The third-order valence-electron chi connectivity index (χ3n) is 3.36. The zero-order valence-electron chi connectivity index (χ0n) is 10.2. The van der Waals surface area contributed by atoms with Crippen LogP contribution >= 0.6 is 15.9 Å². The quantitative estimate of drug-likeness (QED) is 0.757. The van der Waals surface area contributed by atoms with Gasteiger partial charge in [-0.3, -0.25) is 0 Å². The zero-order chi connectivity index (χ0) is 11.7. The summed E-state index contributed by atoms with van der Waals surface area (Å²) in [5.41, 5.74) is 2.73. The van der Waals surface area contributed by atoms with Gasteiger partial charge in [0.2, 0.25) is 0 Å². The van der Waals surface area contributed by atoms with Crippen LogP contribution in [-0.4, -0.2) is 12.2 Å². The van der Waals surface area contributed by atoms with Crippen LogP contribution in [-0.2, 0) is 11.2 Å². The van der Waals surface area contributed by atoms with Crippen molar-refractivity contribution in [1.82, 2.24) is 0 Å². The minimum Gasteiger partial charge on any atom is -0.369 e. The molecular weight excluding hydrogens is 264 g/mol. The molecule has 1 aromatic carbocycles. The van der Waals surface area contributed by atoms with Gasteiger partial charge in [0.15, 0.2) is 0 Å². The molecule has 0 amide bonds. The average Bonchev–Trinajstić information content (AvgIpc) is 3.02. The SMILES string of the molecule is CCC1OC1C(C)Cc1ccc(Br)c(C)c1. The molecule has 2 heteroatoms. The van der Waals surface area contributed by atoms with Crippen molar-refractivity contribution in [2.45, 2.75) is 45.8 Å². The van der Waals surface area contributed by atoms with Crippen molar-refractivity contribution in [2.75, 3.05) is 0 Å². The van der Waals surface area contributed by atoms with Gasteiger partial charge in [-0.2, -0.15) is 0 Å². The maximum absolute atomic E-state index is 5.64. The Kier molecular flexibility index (Phi) is 3.70. The van der Waals surface area contributed by atoms with E-state index in [4.69, 9.17) is 4.74 Å². The van der Waals surface area contributed by atoms with Gasteiger partial charge >= 0.3 is 0 Å². The smallest absolute Gasteiger partial charge is 0.0870 e. The lowest BCUT2D eigenvalue weighted by atomic mass is 9.95. The van der Waals surface area contributed by atoms with Gasteiger partial charge in [0, 0.05) is 4.47 Å². The predicted octanol–water partition coefficient (Wildman–Crippen LogP) is 4.11. The summed E-state index contributed by atoms with van der Waals surface area (Å²) in [6.07, 6.45) is 3.28. The lowest BCUT2D eigenvalue weighted by Gasteiger charge is -2.09. The summed E-state index contributed by atoms with van der Waals surface area (Å²) < 4.78 is 6.84. The molecule has 1 fully saturated rings. The number of aryl methyl sites for hydroxylation is 1. The molecule has 1 nitrogen and oxygen atoms in total. The molecule has 16 heavy (non-hydrogen) atoms. The van der Waals surface area contributed by atoms with Crippen LogP contribution in [0.5, 0.6) is 0 Å². The van der Waals surface area contributed by atoms with Crippen LogP contribution in [0.25, 0.3) is 0 Å². The fourth-order valence-corrected chi connectivity index (χ4v) is 2.55. The minimum atomic E-state index is 0.494. The number of epoxide rings is 1. The van der Waals surface area contributed by atoms with E-state index in [2.05, 4.69) is 54.9 Å². The topological polar surface area (TPSA) is 12.5 Å². The van der Waals surface area contributed by atoms with Crippen LogP contribution in [0.1, 0.15) is 31.4 Å². The molecule has 0 spiro atoms. The monoisotopic (exact) mass is 282 g/mol. The maximum atomic E-state index is 5.64. The van der Waals surface area contributed by atoms with Crippen LogP contribution in [0, 0.1) is 12.8 Å². The first-order valence-electron chi connectivity index (χ1n) is 6.02. The molecule has 1 aromatic rings. The lowest BCUT2D eigenvalue weighted by molar-refractivity contribution is 0.322. The maximum Gasteiger partial charge on any atom is 0.0870 e. The Morgan fingerprint density at radius 2 is 2.19 bits per heavy atom. The van der Waals surface area contributed by atoms with Crippen molar-refractivity contribution in [3.8, 4) is 0 Å². The molecule has 1 heterocycles. The highest BCUT2D eigenvalue weighted by Gasteiger charge is 2.40. The first-order chi connectivity index (χ1) is 7.61. The first kappa shape index (κ1) is 12.1. The van der Waals surface area contributed by atoms with Gasteiger partial charge in [-0.05, 0) is 42.9 Å². The largest absolute Gasteiger partial charge is 0.369 e. The second-order valence-electron chi connectivity index (χ2n) is 4.81. The van der Waals surface area contributed by atoms with Crippen LogP contribution in [0.4, 0.5) is 0 Å². The summed E-state index contributed by atoms with van der Waals surface area (Å²) >= 11 is 3.53. The Hall–Kier alpha value is -0.340. The summed E-state index contributed by atoms with van der Waals surface area (Å²) in [7, 11) is 0. The van der Waals surface area contributed by atoms with E-state index < -0.39 is 0 Å². The summed E-state index contributed by atoms with van der Waals surface area (Å²) in [5, 5.41) is 0. The van der Waals surface area contributed by atoms with E-state index >= 15 is 0 Å². The second kappa shape index (κ2) is 4.89. The molecule has 0 N–H and O–H groups in total. The van der Waals surface area contributed by atoms with Crippen molar-refractivity contribution in [1.29, 1.82) is 0 Å². The highest BCUT2D eigenvalue weighted by atomic mass is 79.9. The van der Waals surface area contributed by atoms with Gasteiger partial charge in [0.05, 0.1) is 12.2 Å². The van der Waals surface area contributed by atoms with Crippen LogP contribution in [0.2, 0.25) is 0 Å². The third-order valence-corrected chi connectivity index (χ3v) is 4.25. The summed E-state index contributed by atoms with van der Waals surface area (Å²) in [6.45, 7) is 6.62. The van der Waals surface area contributed by atoms with E-state index in [0.29, 0.717) is 18.1 Å². The van der Waals surface area contributed by atoms with E-state index in [-0.39, 0.29) is 0 Å². The van der Waals surface area contributed by atoms with Crippen LogP contribution in [0.15, 0.2) is 22.7 Å². The predicted molar refractivity (Wildman–Crippen MR) is 70.7 cm³/mol. The van der Waals surface area contributed by atoms with Gasteiger partial charge in [-0.25, -0.2) is 0 Å². The van der Waals surface area contributed by atoms with Gasteiger partial charge in [-0.1, -0.05) is 41.9 Å². The third kappa shape index (κ3) is 2.67. The normalized spacial score (nSPS) is 25.5. The number of halogens is 1. The summed E-state index contributed by atoms with van der Waals surface area (Å²) in [4.78, 5) is 0. The molecule has 3 unspecified atom stereocenters. The van der Waals surface area contributed by atoms with Gasteiger partial charge in [0.1, 0.15) is 0 Å². The van der Waals surface area contributed by atoms with Gasteiger partial charge in [-0.15, -0.1) is 0 Å². The van der Waals surface area contributed by atoms with Gasteiger partial charge in [0.25, 0.3) is 0 Å². The zero-order valence-corrected chi connectivity index (χ0v) is 11.8. The first-order valence-corrected chi connectivity index (χ1v) is 6.81. The highest BCUT2D eigenvalue weighted by Crippen LogP contribution is 2.33. The van der Waals surface area contributed by atoms with Crippen molar-refractivity contribution >= 4 is 15.9 Å². The molecule has 2 rings (SSSR count). The van der Waals surface area contributed by atoms with Crippen molar-refractivity contribution in [2.24, 2.45) is 5.92 Å². The number of ether oxygens (including phenoxy) is 1. The molecule has 0 aliphatic carbocycles. The molecule has 0 saturated carbocycles. The molecule has 0 bridgehead atoms. The summed E-state index contributed by atoms with van der Waals surface area (Å²) in [5.74, 6) is 0.630. The van der Waals surface area contributed by atoms with Crippen molar-refractivity contribution < 1.29 is 4.74 Å². The van der Waals surface area contributed by atoms with Crippen LogP contribution in [0.3, 0.4) is 0 Å². The van der Waals surface area contributed by atoms with E-state index in [1.54, 1.807) is 0 Å². The highest BCUT2D eigenvalue weighted by molar-refractivity contribution is 9.10. The van der Waals surface area contributed by atoms with Crippen molar-refractivity contribution in [3.05, 3.63) is 33.8 Å². The molecule has 3 atom stereocenters. The standard InChI is InChI=1S/C14H19BrO/c1-4-13-14(16-13)10(3)8-11-5-6-12(15)9(2)7-11/h5-7,10,13-14H,4,8H2,1-3H3. The molecule has 1 aliphatic rings. The summed E-state index contributed by atoms with van der Waals surface area (Å²) in [6, 6.07) is 6.61. The second-order valence-corrected chi connectivity index (χ2v) is 5.67. The number of rotatable bonds is 4. The molecule has 0 radical (unpaired) electrons. The van der Waals surface area contributed by atoms with E-state index in [0.717, 1.165) is 12.8 Å². The van der Waals surface area contributed by atoms with Gasteiger partial charge < -0.3 is 4.74 Å². The molecule has 1 saturated heterocycles. The average molecular weight is 283 g/mol. The van der Waals surface area contributed by atoms with E-state index in [1.807, 2.05) is 0 Å². The van der Waals surface area contributed by atoms with Crippen molar-refractivity contribution in [3.63, 3.8) is 0 Å². The number of hydrogen-bond acceptors (Lipinski definition) is 1.